The van der Waals surface area contributed by atoms with E-state index in [1.807, 2.05) is 10.6 Å². The molecular formula is C19H26BrN3O2. The second-order valence-corrected chi connectivity index (χ2v) is 8.98. The van der Waals surface area contributed by atoms with Crippen LogP contribution in [0.2, 0.25) is 0 Å². The molecule has 0 bridgehead atoms. The number of nitrogens with one attached hydrogen (secondary N) is 2. The number of fused-ring (bicyclic) bond motifs is 1. The molecule has 3 rings (SSSR count). The third-order valence-corrected chi connectivity index (χ3v) is 5.02. The Morgan fingerprint density at radius 2 is 2.04 bits per heavy atom. The molecule has 0 atom stereocenters. The first-order chi connectivity index (χ1) is 11.6. The van der Waals surface area contributed by atoms with E-state index in [4.69, 9.17) is 4.42 Å². The van der Waals surface area contributed by atoms with E-state index in [1.54, 1.807) is 12.1 Å². The molecule has 3 heterocycles. The molecule has 2 N–H and O–H groups in total. The fraction of sp³-hybridized carbons (Fsp3) is 0.526. The molecule has 0 unspecified atom stereocenters. The Bertz CT molecular complexity index is 800. The van der Waals surface area contributed by atoms with Gasteiger partial charge in [-0.05, 0) is 56.5 Å². The number of furan rings is 1. The van der Waals surface area contributed by atoms with Gasteiger partial charge in [0.15, 0.2) is 10.3 Å². The highest BCUT2D eigenvalue weighted by molar-refractivity contribution is 9.10. The van der Waals surface area contributed by atoms with E-state index in [1.165, 1.54) is 0 Å². The second kappa shape index (κ2) is 6.32. The van der Waals surface area contributed by atoms with Crippen LogP contribution in [0.5, 0.6) is 0 Å². The van der Waals surface area contributed by atoms with Crippen molar-refractivity contribution in [1.29, 1.82) is 0 Å². The molecule has 0 saturated carbocycles. The van der Waals surface area contributed by atoms with E-state index in [-0.39, 0.29) is 23.0 Å². The molecule has 2 aromatic heterocycles. The van der Waals surface area contributed by atoms with Crippen LogP contribution in [0.15, 0.2) is 33.9 Å². The summed E-state index contributed by atoms with van der Waals surface area (Å²) in [7, 11) is 0. The first-order valence-electron chi connectivity index (χ1n) is 8.60. The van der Waals surface area contributed by atoms with E-state index in [0.29, 0.717) is 22.5 Å². The van der Waals surface area contributed by atoms with Crippen molar-refractivity contribution in [3.8, 4) is 0 Å². The molecular weight excluding hydrogens is 382 g/mol. The lowest BCUT2D eigenvalue weighted by atomic mass is 9.79. The van der Waals surface area contributed by atoms with E-state index >= 15 is 0 Å². The topological polar surface area (TPSA) is 59.2 Å². The average Bonchev–Trinajstić information content (AvgIpc) is 2.93. The number of allylic oxidation sites excluding steroid dienone is 1. The number of halogens is 1. The van der Waals surface area contributed by atoms with Crippen molar-refractivity contribution in [2.24, 2.45) is 0 Å². The summed E-state index contributed by atoms with van der Waals surface area (Å²) >= 11 is 3.34. The molecule has 1 aliphatic heterocycles. The van der Waals surface area contributed by atoms with Crippen molar-refractivity contribution >= 4 is 32.9 Å². The van der Waals surface area contributed by atoms with Gasteiger partial charge in [-0.1, -0.05) is 6.08 Å². The van der Waals surface area contributed by atoms with E-state index in [9.17, 15) is 4.79 Å². The highest BCUT2D eigenvalue weighted by Crippen LogP contribution is 2.30. The van der Waals surface area contributed by atoms with Crippen molar-refractivity contribution < 1.29 is 9.21 Å². The maximum absolute atomic E-state index is 12.9. The van der Waals surface area contributed by atoms with Crippen LogP contribution in [0.25, 0.3) is 11.1 Å². The fourth-order valence-corrected chi connectivity index (χ4v) is 4.60. The number of carbonyl (C=O) groups is 1. The predicted molar refractivity (Wildman–Crippen MR) is 104 cm³/mol. The Morgan fingerprint density at radius 1 is 1.40 bits per heavy atom. The number of hydrogen-bond donors (Lipinski definition) is 2. The smallest absolute Gasteiger partial charge is 0.268 e. The Balaban J connectivity index is 1.86. The van der Waals surface area contributed by atoms with Gasteiger partial charge in [-0.2, -0.15) is 0 Å². The fourth-order valence-electron chi connectivity index (χ4n) is 4.21. The molecule has 0 aliphatic carbocycles. The van der Waals surface area contributed by atoms with Crippen LogP contribution < -0.4 is 10.6 Å². The van der Waals surface area contributed by atoms with Gasteiger partial charge in [0.1, 0.15) is 5.69 Å². The van der Waals surface area contributed by atoms with Crippen LogP contribution in [0, 0.1) is 0 Å². The van der Waals surface area contributed by atoms with E-state index < -0.39 is 0 Å². The van der Waals surface area contributed by atoms with Crippen LogP contribution in [0.4, 0.5) is 0 Å². The standard InChI is InChI=1S/C19H26BrN3O2/c1-6-7-23-13-9-16(20)25-15(13)8-14(23)17(24)21-12-10-18(2,3)22-19(4,5)11-12/h6,8-9,12,22H,1,7,10-11H2,2-5H3,(H,21,24). The van der Waals surface area contributed by atoms with Crippen LogP contribution >= 0.6 is 15.9 Å². The summed E-state index contributed by atoms with van der Waals surface area (Å²) in [6, 6.07) is 3.81. The molecule has 5 nitrogen and oxygen atoms in total. The van der Waals surface area contributed by atoms with Crippen molar-refractivity contribution in [3.63, 3.8) is 0 Å². The van der Waals surface area contributed by atoms with Crippen molar-refractivity contribution in [3.05, 3.63) is 35.2 Å². The molecule has 1 aliphatic rings. The summed E-state index contributed by atoms with van der Waals surface area (Å²) in [4.78, 5) is 12.9. The first kappa shape index (κ1) is 18.3. The third kappa shape index (κ3) is 3.85. The number of hydrogen-bond acceptors (Lipinski definition) is 3. The molecule has 0 spiro atoms. The lowest BCUT2D eigenvalue weighted by Crippen LogP contribution is -2.62. The number of carbonyl (C=O) groups excluding carboxylic acids is 1. The SMILES string of the molecule is C=CCn1c(C(=O)NC2CC(C)(C)NC(C)(C)C2)cc2oc(Br)cc21. The number of nitrogens with zero attached hydrogens (tertiary/aromatic N) is 1. The van der Waals surface area contributed by atoms with Gasteiger partial charge in [-0.15, -0.1) is 6.58 Å². The quantitative estimate of drug-likeness (QED) is 0.745. The van der Waals surface area contributed by atoms with Gasteiger partial charge in [0.25, 0.3) is 5.91 Å². The molecule has 2 aromatic rings. The monoisotopic (exact) mass is 407 g/mol. The van der Waals surface area contributed by atoms with Crippen LogP contribution in [0.1, 0.15) is 51.0 Å². The maximum atomic E-state index is 12.9. The number of piperidine rings is 1. The summed E-state index contributed by atoms with van der Waals surface area (Å²) < 4.78 is 8.20. The Morgan fingerprint density at radius 3 is 2.64 bits per heavy atom. The van der Waals surface area contributed by atoms with Gasteiger partial charge in [-0.3, -0.25) is 4.79 Å². The molecule has 1 amide bonds. The summed E-state index contributed by atoms with van der Waals surface area (Å²) in [6.07, 6.45) is 3.58. The number of amides is 1. The molecule has 136 valence electrons. The number of rotatable bonds is 4. The lowest BCUT2D eigenvalue weighted by molar-refractivity contribution is 0.0865. The molecule has 6 heteroatoms. The predicted octanol–water partition coefficient (Wildman–Crippen LogP) is 4.22. The van der Waals surface area contributed by atoms with Gasteiger partial charge in [0.2, 0.25) is 0 Å². The van der Waals surface area contributed by atoms with Gasteiger partial charge in [-0.25, -0.2) is 0 Å². The van der Waals surface area contributed by atoms with Gasteiger partial charge >= 0.3 is 0 Å². The summed E-state index contributed by atoms with van der Waals surface area (Å²) in [5.74, 6) is -0.0668. The third-order valence-electron chi connectivity index (χ3n) is 4.63. The van der Waals surface area contributed by atoms with Gasteiger partial charge in [0.05, 0.1) is 5.52 Å². The maximum Gasteiger partial charge on any atom is 0.268 e. The summed E-state index contributed by atoms with van der Waals surface area (Å²) in [6.45, 7) is 13.1. The van der Waals surface area contributed by atoms with Crippen molar-refractivity contribution in [2.75, 3.05) is 0 Å². The highest BCUT2D eigenvalue weighted by Gasteiger charge is 2.38. The number of aromatic nitrogens is 1. The molecule has 0 radical (unpaired) electrons. The van der Waals surface area contributed by atoms with Gasteiger partial charge < -0.3 is 19.6 Å². The lowest BCUT2D eigenvalue weighted by Gasteiger charge is -2.46. The van der Waals surface area contributed by atoms with E-state index in [0.717, 1.165) is 18.4 Å². The minimum Gasteiger partial charge on any atom is -0.448 e. The average molecular weight is 408 g/mol. The second-order valence-electron chi connectivity index (χ2n) is 8.20. The Kier molecular flexibility index (Phi) is 4.62. The minimum atomic E-state index is -0.0668. The summed E-state index contributed by atoms with van der Waals surface area (Å²) in [5, 5.41) is 6.86. The minimum absolute atomic E-state index is 0.0126. The highest BCUT2D eigenvalue weighted by atomic mass is 79.9. The van der Waals surface area contributed by atoms with Crippen LogP contribution in [-0.4, -0.2) is 27.6 Å². The zero-order valence-corrected chi connectivity index (χ0v) is 16.9. The van der Waals surface area contributed by atoms with Crippen molar-refractivity contribution in [2.45, 2.75) is 64.2 Å². The zero-order valence-electron chi connectivity index (χ0n) is 15.3. The van der Waals surface area contributed by atoms with Gasteiger partial charge in [0, 0.05) is 35.8 Å². The molecule has 0 aromatic carbocycles. The van der Waals surface area contributed by atoms with Crippen molar-refractivity contribution in [1.82, 2.24) is 15.2 Å². The molecule has 1 saturated heterocycles. The normalized spacial score (nSPS) is 19.9. The van der Waals surface area contributed by atoms with Crippen LogP contribution in [0.3, 0.4) is 0 Å². The Labute approximate surface area is 157 Å². The Hall–Kier alpha value is -1.53. The largest absolute Gasteiger partial charge is 0.448 e. The molecule has 25 heavy (non-hydrogen) atoms. The van der Waals surface area contributed by atoms with E-state index in [2.05, 4.69) is 60.8 Å². The molecule has 1 fully saturated rings. The zero-order chi connectivity index (χ0) is 18.4. The summed E-state index contributed by atoms with van der Waals surface area (Å²) in [5.41, 5.74) is 2.17. The van der Waals surface area contributed by atoms with Crippen LogP contribution in [-0.2, 0) is 6.54 Å². The first-order valence-corrected chi connectivity index (χ1v) is 9.39.